The third-order valence-electron chi connectivity index (χ3n) is 1.43. The van der Waals surface area contributed by atoms with E-state index in [1.165, 1.54) is 12.3 Å². The Morgan fingerprint density at radius 2 is 2.19 bits per heavy atom. The molecule has 1 amide bonds. The number of halogens is 2. The van der Waals surface area contributed by atoms with Gasteiger partial charge in [0.1, 0.15) is 5.60 Å². The highest BCUT2D eigenvalue weighted by atomic mass is 127. The van der Waals surface area contributed by atoms with Crippen LogP contribution in [0, 0.1) is 9.39 Å². The molecule has 1 aromatic rings. The molecule has 0 aliphatic heterocycles. The smallest absolute Gasteiger partial charge is 0.413 e. The average Bonchev–Trinajstić information content (AvgIpc) is 2.06. The number of ether oxygens (including phenoxy) is 1. The van der Waals surface area contributed by atoms with Gasteiger partial charge in [-0.1, -0.05) is 0 Å². The molecule has 0 saturated carbocycles. The van der Waals surface area contributed by atoms with Gasteiger partial charge in [0.15, 0.2) is 11.6 Å². The summed E-state index contributed by atoms with van der Waals surface area (Å²) in [4.78, 5) is 15.1. The van der Waals surface area contributed by atoms with E-state index < -0.39 is 17.5 Å². The topological polar surface area (TPSA) is 51.2 Å². The van der Waals surface area contributed by atoms with Gasteiger partial charge in [0, 0.05) is 9.77 Å². The van der Waals surface area contributed by atoms with Crippen molar-refractivity contribution in [2.75, 3.05) is 5.32 Å². The van der Waals surface area contributed by atoms with Gasteiger partial charge in [0.2, 0.25) is 0 Å². The average molecular weight is 338 g/mol. The number of carbonyl (C=O) groups excluding carboxylic acids is 1. The summed E-state index contributed by atoms with van der Waals surface area (Å²) < 4.78 is 18.9. The second-order valence-electron chi connectivity index (χ2n) is 4.11. The van der Waals surface area contributed by atoms with Gasteiger partial charge in [0.05, 0.1) is 0 Å². The van der Waals surface area contributed by atoms with Crippen LogP contribution in [0.3, 0.4) is 0 Å². The maximum atomic E-state index is 13.3. The van der Waals surface area contributed by atoms with Crippen molar-refractivity contribution in [1.29, 1.82) is 0 Å². The molecule has 16 heavy (non-hydrogen) atoms. The zero-order chi connectivity index (χ0) is 12.3. The Hall–Kier alpha value is -0.920. The van der Waals surface area contributed by atoms with Crippen molar-refractivity contribution in [2.24, 2.45) is 0 Å². The first kappa shape index (κ1) is 13.1. The number of anilines is 1. The van der Waals surface area contributed by atoms with Crippen LogP contribution in [0.1, 0.15) is 20.8 Å². The second-order valence-corrected chi connectivity index (χ2v) is 5.36. The summed E-state index contributed by atoms with van der Waals surface area (Å²) in [6.45, 7) is 5.18. The summed E-state index contributed by atoms with van der Waals surface area (Å²) in [5, 5.41) is 2.24. The number of nitrogens with one attached hydrogen (secondary N) is 1. The van der Waals surface area contributed by atoms with E-state index in [2.05, 4.69) is 10.3 Å². The van der Waals surface area contributed by atoms with Gasteiger partial charge in [-0.3, -0.25) is 5.32 Å². The molecule has 6 heteroatoms. The van der Waals surface area contributed by atoms with Gasteiger partial charge in [-0.05, 0) is 49.4 Å². The number of hydrogen-bond donors (Lipinski definition) is 1. The quantitative estimate of drug-likeness (QED) is 0.801. The monoisotopic (exact) mass is 338 g/mol. The molecule has 0 bridgehead atoms. The van der Waals surface area contributed by atoms with Crippen molar-refractivity contribution < 1.29 is 13.9 Å². The maximum absolute atomic E-state index is 13.3. The minimum Gasteiger partial charge on any atom is -0.444 e. The molecular weight excluding hydrogens is 326 g/mol. The largest absolute Gasteiger partial charge is 0.444 e. The van der Waals surface area contributed by atoms with Crippen LogP contribution in [-0.4, -0.2) is 16.7 Å². The lowest BCUT2D eigenvalue weighted by Gasteiger charge is -2.19. The fourth-order valence-electron chi connectivity index (χ4n) is 0.907. The Labute approximate surface area is 107 Å². The molecule has 0 spiro atoms. The van der Waals surface area contributed by atoms with Gasteiger partial charge in [0.25, 0.3) is 0 Å². The van der Waals surface area contributed by atoms with Crippen LogP contribution in [0.25, 0.3) is 0 Å². The van der Waals surface area contributed by atoms with Crippen molar-refractivity contribution in [3.63, 3.8) is 0 Å². The van der Waals surface area contributed by atoms with Crippen molar-refractivity contribution >= 4 is 34.5 Å². The van der Waals surface area contributed by atoms with E-state index in [9.17, 15) is 9.18 Å². The molecule has 1 aromatic heterocycles. The predicted octanol–water partition coefficient (Wildman–Crippen LogP) is 3.17. The molecule has 4 nitrogen and oxygen atoms in total. The molecule has 0 aromatic carbocycles. The summed E-state index contributed by atoms with van der Waals surface area (Å²) in [5.41, 5.74) is -0.621. The zero-order valence-corrected chi connectivity index (χ0v) is 11.3. The molecule has 0 saturated heterocycles. The van der Waals surface area contributed by atoms with Gasteiger partial charge in [-0.15, -0.1) is 0 Å². The molecule has 0 unspecified atom stereocenters. The summed E-state index contributed by atoms with van der Waals surface area (Å²) in [6.07, 6.45) is 0.733. The molecule has 0 aliphatic carbocycles. The highest BCUT2D eigenvalue weighted by Crippen LogP contribution is 2.15. The van der Waals surface area contributed by atoms with Crippen LogP contribution >= 0.6 is 22.6 Å². The van der Waals surface area contributed by atoms with E-state index in [0.717, 1.165) is 0 Å². The van der Waals surface area contributed by atoms with E-state index >= 15 is 0 Å². The number of rotatable bonds is 1. The number of carbonyl (C=O) groups is 1. The van der Waals surface area contributed by atoms with Crippen LogP contribution in [0.5, 0.6) is 0 Å². The predicted molar refractivity (Wildman–Crippen MR) is 66.8 cm³/mol. The van der Waals surface area contributed by atoms with Crippen LogP contribution in [0.15, 0.2) is 12.3 Å². The number of aromatic nitrogens is 1. The number of pyridine rings is 1. The number of amides is 1. The SMILES string of the molecule is CC(C)(C)OC(=O)Nc1ncc(I)cc1F. The lowest BCUT2D eigenvalue weighted by Crippen LogP contribution is -2.27. The Morgan fingerprint density at radius 3 is 2.69 bits per heavy atom. The van der Waals surface area contributed by atoms with Crippen molar-refractivity contribution in [3.05, 3.63) is 21.7 Å². The van der Waals surface area contributed by atoms with Gasteiger partial charge >= 0.3 is 6.09 Å². The molecule has 0 aliphatic rings. The first-order valence-corrected chi connectivity index (χ1v) is 5.67. The first-order chi connectivity index (χ1) is 7.28. The third-order valence-corrected chi connectivity index (χ3v) is 2.02. The van der Waals surface area contributed by atoms with Crippen LogP contribution < -0.4 is 5.32 Å². The molecular formula is C10H12FIN2O2. The minimum atomic E-state index is -0.722. The van der Waals surface area contributed by atoms with Crippen LogP contribution in [0.4, 0.5) is 15.0 Å². The van der Waals surface area contributed by atoms with Gasteiger partial charge in [-0.25, -0.2) is 14.2 Å². The molecule has 0 fully saturated rings. The number of nitrogens with zero attached hydrogens (tertiary/aromatic N) is 1. The normalized spacial score (nSPS) is 11.1. The molecule has 88 valence electrons. The fraction of sp³-hybridized carbons (Fsp3) is 0.400. The van der Waals surface area contributed by atoms with Crippen molar-refractivity contribution in [2.45, 2.75) is 26.4 Å². The Balaban J connectivity index is 2.70. The standard InChI is InChI=1S/C10H12FIN2O2/c1-10(2,3)16-9(15)14-8-7(11)4-6(12)5-13-8/h4-5H,1-3H3,(H,13,14,15). The van der Waals surface area contributed by atoms with Gasteiger partial charge < -0.3 is 4.74 Å². The van der Waals surface area contributed by atoms with Crippen LogP contribution in [-0.2, 0) is 4.74 Å². The summed E-state index contributed by atoms with van der Waals surface area (Å²) >= 11 is 1.93. The maximum Gasteiger partial charge on any atom is 0.413 e. The Bertz CT molecular complexity index is 404. The summed E-state index contributed by atoms with van der Waals surface area (Å²) in [6, 6.07) is 1.28. The third kappa shape index (κ3) is 4.30. The van der Waals surface area contributed by atoms with Crippen LogP contribution in [0.2, 0.25) is 0 Å². The van der Waals surface area contributed by atoms with E-state index in [-0.39, 0.29) is 5.82 Å². The van der Waals surface area contributed by atoms with Crippen molar-refractivity contribution in [1.82, 2.24) is 4.98 Å². The molecule has 1 rings (SSSR count). The second kappa shape index (κ2) is 4.94. The lowest BCUT2D eigenvalue weighted by molar-refractivity contribution is 0.0634. The van der Waals surface area contributed by atoms with E-state index in [1.807, 2.05) is 22.6 Å². The molecule has 1 heterocycles. The minimum absolute atomic E-state index is 0.130. The first-order valence-electron chi connectivity index (χ1n) is 4.59. The number of hydrogen-bond acceptors (Lipinski definition) is 3. The van der Waals surface area contributed by atoms with E-state index in [4.69, 9.17) is 4.74 Å². The highest BCUT2D eigenvalue weighted by molar-refractivity contribution is 14.1. The lowest BCUT2D eigenvalue weighted by atomic mass is 10.2. The molecule has 1 N–H and O–H groups in total. The Morgan fingerprint density at radius 1 is 1.56 bits per heavy atom. The zero-order valence-electron chi connectivity index (χ0n) is 9.17. The molecule has 0 radical (unpaired) electrons. The van der Waals surface area contributed by atoms with Gasteiger partial charge in [-0.2, -0.15) is 0 Å². The fourth-order valence-corrected chi connectivity index (χ4v) is 1.32. The summed E-state index contributed by atoms with van der Waals surface area (Å²) in [5.74, 6) is -0.715. The van der Waals surface area contributed by atoms with Crippen molar-refractivity contribution in [3.8, 4) is 0 Å². The summed E-state index contributed by atoms with van der Waals surface area (Å²) in [7, 11) is 0. The highest BCUT2D eigenvalue weighted by Gasteiger charge is 2.17. The molecule has 0 atom stereocenters. The van der Waals surface area contributed by atoms with E-state index in [0.29, 0.717) is 3.57 Å². The Kier molecular flexibility index (Phi) is 4.06. The van der Waals surface area contributed by atoms with E-state index in [1.54, 1.807) is 20.8 Å².